The van der Waals surface area contributed by atoms with E-state index in [1.807, 2.05) is 12.1 Å². The maximum atomic E-state index is 5.80. The number of ether oxygens (including phenoxy) is 1. The largest absolute Gasteiger partial charge is 0.493 e. The highest BCUT2D eigenvalue weighted by Gasteiger charge is 2.05. The van der Waals surface area contributed by atoms with Crippen LogP contribution in [0.2, 0.25) is 0 Å². The van der Waals surface area contributed by atoms with E-state index in [1.165, 1.54) is 22.1 Å². The highest BCUT2D eigenvalue weighted by molar-refractivity contribution is 7.99. The van der Waals surface area contributed by atoms with Gasteiger partial charge in [-0.1, -0.05) is 30.3 Å². The molecule has 1 heterocycles. The second-order valence-electron chi connectivity index (χ2n) is 5.76. The number of aryl methyl sites for hydroxylation is 3. The van der Waals surface area contributed by atoms with Gasteiger partial charge in [0.1, 0.15) is 5.75 Å². The van der Waals surface area contributed by atoms with Crippen molar-refractivity contribution in [3.63, 3.8) is 0 Å². The second kappa shape index (κ2) is 7.05. The van der Waals surface area contributed by atoms with Crippen LogP contribution in [0.4, 0.5) is 0 Å². The van der Waals surface area contributed by atoms with E-state index in [0.29, 0.717) is 6.61 Å². The Balaban J connectivity index is 1.64. The molecule has 1 aromatic heterocycles. The first-order valence-corrected chi connectivity index (χ1v) is 8.81. The fourth-order valence-electron chi connectivity index (χ4n) is 2.62. The summed E-state index contributed by atoms with van der Waals surface area (Å²) in [5.74, 6) is 1.82. The summed E-state index contributed by atoms with van der Waals surface area (Å²) < 4.78 is 5.80. The first-order valence-electron chi connectivity index (χ1n) is 7.83. The van der Waals surface area contributed by atoms with Gasteiger partial charge in [0.2, 0.25) is 0 Å². The Labute approximate surface area is 141 Å². The van der Waals surface area contributed by atoms with Gasteiger partial charge in [-0.2, -0.15) is 0 Å². The van der Waals surface area contributed by atoms with Crippen molar-refractivity contribution in [1.82, 2.24) is 4.98 Å². The Kier molecular flexibility index (Phi) is 4.87. The first kappa shape index (κ1) is 15.9. The molecule has 0 unspecified atom stereocenters. The average molecular weight is 323 g/mol. The third-order valence-electron chi connectivity index (χ3n) is 3.82. The van der Waals surface area contributed by atoms with Crippen LogP contribution in [0.1, 0.15) is 16.7 Å². The number of aromatic nitrogens is 1. The Morgan fingerprint density at radius 2 is 1.78 bits per heavy atom. The number of para-hydroxylation sites is 1. The predicted octanol–water partition coefficient (Wildman–Crippen LogP) is 5.33. The topological polar surface area (TPSA) is 22.1 Å². The van der Waals surface area contributed by atoms with Gasteiger partial charge in [0.25, 0.3) is 0 Å². The van der Waals surface area contributed by atoms with Crippen LogP contribution in [0.15, 0.2) is 53.6 Å². The maximum absolute atomic E-state index is 5.80. The number of pyridine rings is 1. The van der Waals surface area contributed by atoms with E-state index >= 15 is 0 Å². The molecule has 3 heteroatoms. The lowest BCUT2D eigenvalue weighted by molar-refractivity contribution is 0.343. The summed E-state index contributed by atoms with van der Waals surface area (Å²) in [7, 11) is 0. The summed E-state index contributed by atoms with van der Waals surface area (Å²) in [6, 6.07) is 16.7. The third kappa shape index (κ3) is 3.85. The van der Waals surface area contributed by atoms with E-state index in [-0.39, 0.29) is 0 Å². The number of hydrogen-bond acceptors (Lipinski definition) is 3. The fourth-order valence-corrected chi connectivity index (χ4v) is 3.41. The number of hydrogen-bond donors (Lipinski definition) is 0. The Morgan fingerprint density at radius 3 is 2.61 bits per heavy atom. The number of rotatable bonds is 5. The second-order valence-corrected chi connectivity index (χ2v) is 6.88. The van der Waals surface area contributed by atoms with Crippen LogP contribution in [-0.4, -0.2) is 17.3 Å². The molecular weight excluding hydrogens is 302 g/mol. The quantitative estimate of drug-likeness (QED) is 0.468. The number of benzene rings is 2. The lowest BCUT2D eigenvalue weighted by Gasteiger charge is -2.09. The molecule has 23 heavy (non-hydrogen) atoms. The van der Waals surface area contributed by atoms with Gasteiger partial charge in [0.05, 0.1) is 17.1 Å². The van der Waals surface area contributed by atoms with E-state index in [1.54, 1.807) is 11.8 Å². The zero-order chi connectivity index (χ0) is 16.2. The third-order valence-corrected chi connectivity index (χ3v) is 4.69. The predicted molar refractivity (Wildman–Crippen MR) is 98.6 cm³/mol. The van der Waals surface area contributed by atoms with Crippen LogP contribution < -0.4 is 4.74 Å². The molecule has 0 bridgehead atoms. The van der Waals surface area contributed by atoms with Crippen LogP contribution >= 0.6 is 11.8 Å². The molecule has 0 N–H and O–H groups in total. The van der Waals surface area contributed by atoms with E-state index in [0.717, 1.165) is 22.0 Å². The van der Waals surface area contributed by atoms with Crippen LogP contribution in [-0.2, 0) is 0 Å². The first-order chi connectivity index (χ1) is 11.1. The SMILES string of the molecule is Cc1cccc(OCCSc2cc(C)c3cccc(C)c3n2)c1. The van der Waals surface area contributed by atoms with Crippen molar-refractivity contribution in [1.29, 1.82) is 0 Å². The van der Waals surface area contributed by atoms with Crippen molar-refractivity contribution < 1.29 is 4.74 Å². The molecule has 2 aromatic carbocycles. The van der Waals surface area contributed by atoms with Crippen LogP contribution in [0.25, 0.3) is 10.9 Å². The molecule has 0 saturated carbocycles. The molecule has 3 rings (SSSR count). The van der Waals surface area contributed by atoms with Crippen molar-refractivity contribution in [2.24, 2.45) is 0 Å². The lowest BCUT2D eigenvalue weighted by atomic mass is 10.1. The standard InChI is InChI=1S/C20H21NOS/c1-14-6-4-8-17(12-14)22-10-11-23-19-13-16(3)18-9-5-7-15(2)20(18)21-19/h4-9,12-13H,10-11H2,1-3H3. The average Bonchev–Trinajstić information content (AvgIpc) is 2.53. The smallest absolute Gasteiger partial charge is 0.119 e. The Hall–Kier alpha value is -2.00. The Morgan fingerprint density at radius 1 is 0.957 bits per heavy atom. The molecule has 0 aliphatic rings. The van der Waals surface area contributed by atoms with E-state index in [4.69, 9.17) is 9.72 Å². The van der Waals surface area contributed by atoms with Crippen molar-refractivity contribution in [2.75, 3.05) is 12.4 Å². The molecule has 0 amide bonds. The summed E-state index contributed by atoms with van der Waals surface area (Å²) in [5.41, 5.74) is 4.83. The summed E-state index contributed by atoms with van der Waals surface area (Å²) in [6.45, 7) is 7.02. The molecule has 118 valence electrons. The van der Waals surface area contributed by atoms with E-state index in [2.05, 4.69) is 57.2 Å². The van der Waals surface area contributed by atoms with Crippen molar-refractivity contribution in [2.45, 2.75) is 25.8 Å². The number of nitrogens with zero attached hydrogens (tertiary/aromatic N) is 1. The number of thioether (sulfide) groups is 1. The summed E-state index contributed by atoms with van der Waals surface area (Å²) in [4.78, 5) is 4.80. The molecule has 0 saturated heterocycles. The fraction of sp³-hybridized carbons (Fsp3) is 0.250. The summed E-state index contributed by atoms with van der Waals surface area (Å²) in [5, 5.41) is 2.31. The van der Waals surface area contributed by atoms with Crippen molar-refractivity contribution in [3.8, 4) is 5.75 Å². The maximum Gasteiger partial charge on any atom is 0.119 e. The molecule has 0 radical (unpaired) electrons. The molecule has 0 atom stereocenters. The molecule has 2 nitrogen and oxygen atoms in total. The minimum absolute atomic E-state index is 0.681. The van der Waals surface area contributed by atoms with Gasteiger partial charge >= 0.3 is 0 Å². The van der Waals surface area contributed by atoms with Crippen molar-refractivity contribution in [3.05, 3.63) is 65.2 Å². The highest BCUT2D eigenvalue weighted by Crippen LogP contribution is 2.25. The minimum atomic E-state index is 0.681. The summed E-state index contributed by atoms with van der Waals surface area (Å²) >= 11 is 1.75. The molecule has 0 fully saturated rings. The summed E-state index contributed by atoms with van der Waals surface area (Å²) in [6.07, 6.45) is 0. The van der Waals surface area contributed by atoms with Gasteiger partial charge in [0, 0.05) is 11.1 Å². The van der Waals surface area contributed by atoms with Gasteiger partial charge in [-0.25, -0.2) is 4.98 Å². The van der Waals surface area contributed by atoms with Gasteiger partial charge in [0.15, 0.2) is 0 Å². The van der Waals surface area contributed by atoms with E-state index in [9.17, 15) is 0 Å². The highest BCUT2D eigenvalue weighted by atomic mass is 32.2. The molecule has 0 aliphatic heterocycles. The van der Waals surface area contributed by atoms with Gasteiger partial charge in [-0.05, 0) is 55.7 Å². The monoisotopic (exact) mass is 323 g/mol. The molecule has 0 spiro atoms. The van der Waals surface area contributed by atoms with Crippen LogP contribution in [0.3, 0.4) is 0 Å². The van der Waals surface area contributed by atoms with E-state index < -0.39 is 0 Å². The zero-order valence-corrected chi connectivity index (χ0v) is 14.6. The van der Waals surface area contributed by atoms with Crippen LogP contribution in [0.5, 0.6) is 5.75 Å². The lowest BCUT2D eigenvalue weighted by Crippen LogP contribution is -2.01. The minimum Gasteiger partial charge on any atom is -0.493 e. The van der Waals surface area contributed by atoms with Gasteiger partial charge in [-0.3, -0.25) is 0 Å². The van der Waals surface area contributed by atoms with Gasteiger partial charge in [-0.15, -0.1) is 11.8 Å². The van der Waals surface area contributed by atoms with Crippen LogP contribution in [0, 0.1) is 20.8 Å². The molecule has 0 aliphatic carbocycles. The zero-order valence-electron chi connectivity index (χ0n) is 13.8. The van der Waals surface area contributed by atoms with Gasteiger partial charge < -0.3 is 4.74 Å². The molecular formula is C20H21NOS. The van der Waals surface area contributed by atoms with Crippen molar-refractivity contribution >= 4 is 22.7 Å². The molecule has 3 aromatic rings. The Bertz CT molecular complexity index is 829. The number of fused-ring (bicyclic) bond motifs is 1. The normalized spacial score (nSPS) is 10.9.